The van der Waals surface area contributed by atoms with Crippen molar-refractivity contribution < 1.29 is 13.9 Å². The highest BCUT2D eigenvalue weighted by Gasteiger charge is 2.17. The molecule has 0 spiro atoms. The fraction of sp³-hybridized carbons (Fsp3) is 0.444. The average Bonchev–Trinajstić information content (AvgIpc) is 3.24. The Morgan fingerprint density at radius 1 is 1.29 bits per heavy atom. The lowest BCUT2D eigenvalue weighted by Crippen LogP contribution is -2.19. The summed E-state index contributed by atoms with van der Waals surface area (Å²) in [6, 6.07) is 0. The Labute approximate surface area is 208 Å². The summed E-state index contributed by atoms with van der Waals surface area (Å²) in [6.07, 6.45) is 18.2. The van der Waals surface area contributed by atoms with E-state index in [0.29, 0.717) is 30.7 Å². The highest BCUT2D eigenvalue weighted by atomic mass is 35.5. The molecule has 1 heterocycles. The number of allylic oxidation sites excluding steroid dienone is 8. The van der Waals surface area contributed by atoms with E-state index in [0.717, 1.165) is 24.2 Å². The van der Waals surface area contributed by atoms with Crippen molar-refractivity contribution in [2.45, 2.75) is 79.8 Å². The fourth-order valence-corrected chi connectivity index (χ4v) is 2.97. The van der Waals surface area contributed by atoms with Gasteiger partial charge in [0.15, 0.2) is 5.82 Å². The van der Waals surface area contributed by atoms with Gasteiger partial charge in [-0.25, -0.2) is 9.37 Å². The van der Waals surface area contributed by atoms with Crippen molar-refractivity contribution in [3.8, 4) is 12.3 Å². The molecule has 1 atom stereocenters. The molecule has 5 nitrogen and oxygen atoms in total. The molecule has 0 saturated carbocycles. The van der Waals surface area contributed by atoms with Crippen molar-refractivity contribution in [2.24, 2.45) is 0 Å². The highest BCUT2D eigenvalue weighted by Crippen LogP contribution is 2.23. The van der Waals surface area contributed by atoms with Crippen LogP contribution in [0.1, 0.15) is 78.4 Å². The number of rotatable bonds is 11. The number of nitrogens with one attached hydrogen (secondary N) is 1. The van der Waals surface area contributed by atoms with Gasteiger partial charge in [-0.3, -0.25) is 9.89 Å². The molecule has 0 aliphatic rings. The van der Waals surface area contributed by atoms with Crippen LogP contribution in [0.2, 0.25) is 0 Å². The van der Waals surface area contributed by atoms with Crippen LogP contribution >= 0.6 is 11.6 Å². The Hall–Kier alpha value is -2.91. The molecule has 1 aromatic heterocycles. The molecule has 0 aliphatic heterocycles. The van der Waals surface area contributed by atoms with Crippen LogP contribution in [0.25, 0.3) is 5.57 Å². The van der Waals surface area contributed by atoms with Gasteiger partial charge in [-0.05, 0) is 57.8 Å². The predicted molar refractivity (Wildman–Crippen MR) is 140 cm³/mol. The lowest BCUT2D eigenvalue weighted by atomic mass is 10.0. The lowest BCUT2D eigenvalue weighted by Gasteiger charge is -2.18. The molecule has 0 radical (unpaired) electrons. The highest BCUT2D eigenvalue weighted by molar-refractivity contribution is 6.31. The smallest absolute Gasteiger partial charge is 0.306 e. The second-order valence-corrected chi connectivity index (χ2v) is 7.68. The summed E-state index contributed by atoms with van der Waals surface area (Å²) < 4.78 is 19.4. The number of aromatic amines is 1. The Bertz CT molecular complexity index is 949. The van der Waals surface area contributed by atoms with E-state index in [1.165, 1.54) is 6.08 Å². The predicted octanol–water partition coefficient (Wildman–Crippen LogP) is 7.54. The third-order valence-electron chi connectivity index (χ3n) is 4.33. The van der Waals surface area contributed by atoms with Crippen LogP contribution in [-0.4, -0.2) is 27.3 Å². The number of nitrogens with zero attached hydrogens (tertiary/aromatic N) is 2. The maximum Gasteiger partial charge on any atom is 0.306 e. The minimum Gasteiger partial charge on any atom is -0.457 e. The first-order valence-electron chi connectivity index (χ1n) is 11.5. The van der Waals surface area contributed by atoms with Gasteiger partial charge in [-0.1, -0.05) is 69.0 Å². The van der Waals surface area contributed by atoms with Crippen molar-refractivity contribution >= 4 is 23.1 Å². The molecule has 0 fully saturated rings. The van der Waals surface area contributed by atoms with Crippen molar-refractivity contribution in [1.82, 2.24) is 15.2 Å². The number of ether oxygens (including phenoxy) is 1. The summed E-state index contributed by atoms with van der Waals surface area (Å²) in [5, 5.41) is 6.85. The third-order valence-corrected chi connectivity index (χ3v) is 4.66. The van der Waals surface area contributed by atoms with Gasteiger partial charge in [0.2, 0.25) is 0 Å². The van der Waals surface area contributed by atoms with Crippen LogP contribution in [0.5, 0.6) is 0 Å². The van der Waals surface area contributed by atoms with Crippen molar-refractivity contribution in [2.75, 3.05) is 0 Å². The second-order valence-electron chi connectivity index (χ2n) is 7.27. The Balaban J connectivity index is 0.000000712. The van der Waals surface area contributed by atoms with Gasteiger partial charge in [0, 0.05) is 12.0 Å². The van der Waals surface area contributed by atoms with E-state index in [-0.39, 0.29) is 11.0 Å². The number of aryl methyl sites for hydroxylation is 1. The third kappa shape index (κ3) is 12.4. The zero-order valence-electron chi connectivity index (χ0n) is 21.1. The monoisotopic (exact) mass is 489 g/mol. The van der Waals surface area contributed by atoms with Crippen LogP contribution in [0.3, 0.4) is 0 Å². The number of hydrogen-bond donors (Lipinski definition) is 1. The van der Waals surface area contributed by atoms with Gasteiger partial charge in [-0.15, -0.1) is 6.42 Å². The summed E-state index contributed by atoms with van der Waals surface area (Å²) in [4.78, 5) is 15.8. The molecule has 186 valence electrons. The molecule has 1 N–H and O–H groups in total. The van der Waals surface area contributed by atoms with Crippen molar-refractivity contribution in [3.05, 3.63) is 64.5 Å². The van der Waals surface area contributed by atoms with Crippen LogP contribution in [0.15, 0.2) is 52.9 Å². The molecule has 34 heavy (non-hydrogen) atoms. The van der Waals surface area contributed by atoms with Crippen molar-refractivity contribution in [3.63, 3.8) is 0 Å². The molecular weight excluding hydrogens is 453 g/mol. The molecule has 1 aromatic rings. The Morgan fingerprint density at radius 3 is 2.47 bits per heavy atom. The number of esters is 1. The first kappa shape index (κ1) is 31.1. The minimum atomic E-state index is -0.501. The molecular formula is C27H37ClFN3O2. The number of carbonyl (C=O) groups is 1. The first-order chi connectivity index (χ1) is 16.3. The molecule has 1 rings (SSSR count). The van der Waals surface area contributed by atoms with Gasteiger partial charge in [0.1, 0.15) is 17.8 Å². The van der Waals surface area contributed by atoms with Crippen molar-refractivity contribution in [1.29, 1.82) is 0 Å². The summed E-state index contributed by atoms with van der Waals surface area (Å²) >= 11 is 5.85. The van der Waals surface area contributed by atoms with Crippen LogP contribution in [0, 0.1) is 19.3 Å². The largest absolute Gasteiger partial charge is 0.457 e. The van der Waals surface area contributed by atoms with Crippen LogP contribution < -0.4 is 0 Å². The number of halogens is 2. The minimum absolute atomic E-state index is 0.0898. The lowest BCUT2D eigenvalue weighted by molar-refractivity contribution is -0.147. The van der Waals surface area contributed by atoms with E-state index in [4.69, 9.17) is 22.8 Å². The van der Waals surface area contributed by atoms with Gasteiger partial charge in [-0.2, -0.15) is 5.10 Å². The average molecular weight is 490 g/mol. The Kier molecular flexibility index (Phi) is 16.9. The summed E-state index contributed by atoms with van der Waals surface area (Å²) in [6.45, 7) is 11.4. The fourth-order valence-electron chi connectivity index (χ4n) is 2.76. The van der Waals surface area contributed by atoms with Crippen LogP contribution in [-0.2, 0) is 9.53 Å². The van der Waals surface area contributed by atoms with Gasteiger partial charge in [0.25, 0.3) is 0 Å². The topological polar surface area (TPSA) is 67.9 Å². The number of aromatic nitrogens is 3. The van der Waals surface area contributed by atoms with E-state index >= 15 is 0 Å². The van der Waals surface area contributed by atoms with E-state index in [2.05, 4.69) is 21.1 Å². The number of carbonyl (C=O) groups excluding carboxylic acids is 1. The van der Waals surface area contributed by atoms with E-state index in [1.54, 1.807) is 25.2 Å². The zero-order valence-corrected chi connectivity index (χ0v) is 21.9. The van der Waals surface area contributed by atoms with Crippen LogP contribution in [0.4, 0.5) is 4.39 Å². The quantitative estimate of drug-likeness (QED) is 0.198. The molecule has 0 saturated heterocycles. The molecule has 1 unspecified atom stereocenters. The zero-order chi connectivity index (χ0) is 25.9. The van der Waals surface area contributed by atoms with Gasteiger partial charge < -0.3 is 4.74 Å². The van der Waals surface area contributed by atoms with Gasteiger partial charge >= 0.3 is 5.97 Å². The number of hydrogen-bond acceptors (Lipinski definition) is 4. The van der Waals surface area contributed by atoms with E-state index in [1.807, 2.05) is 46.8 Å². The Morgan fingerprint density at radius 2 is 2.00 bits per heavy atom. The second kappa shape index (κ2) is 18.5. The number of H-pyrrole nitrogens is 1. The molecule has 0 aliphatic carbocycles. The van der Waals surface area contributed by atoms with E-state index in [9.17, 15) is 9.18 Å². The molecule has 0 aromatic carbocycles. The normalized spacial score (nSPS) is 13.9. The summed E-state index contributed by atoms with van der Waals surface area (Å²) in [7, 11) is 0. The molecule has 7 heteroatoms. The van der Waals surface area contributed by atoms with E-state index < -0.39 is 11.9 Å². The number of terminal acetylenes is 1. The SMILES string of the molecule is C#C/C=C(\C=C/C)c1n[nH]c(C)n1.C\C=C(/C=C(F)\C(Cl)=C/CC)C(CCC)OC(=O)CCC. The van der Waals surface area contributed by atoms with Gasteiger partial charge in [0.05, 0.1) is 5.03 Å². The standard InChI is InChI=1S/C17H26ClFO2.C10H11N3/c1-5-9-14(18)15(19)12-13(8-4)16(10-6-2)21-17(20)11-7-3;1-4-6-9(7-5-2)10-11-8(3)12-13-10/h8-9,12,16H,5-7,10-11H2,1-4H3;1,5-7H,2-3H3,(H,11,12,13)/b13-8+,14-9+,15-12+;7-5-,9-6+. The maximum atomic E-state index is 14.0. The summed E-state index contributed by atoms with van der Waals surface area (Å²) in [5.41, 5.74) is 1.48. The first-order valence-corrected chi connectivity index (χ1v) is 11.9. The molecule has 0 bridgehead atoms. The maximum absolute atomic E-state index is 14.0. The molecule has 0 amide bonds. The summed E-state index contributed by atoms with van der Waals surface area (Å²) in [5.74, 6) is 3.11.